The van der Waals surface area contributed by atoms with E-state index in [1.165, 1.54) is 25.3 Å². The third-order valence-corrected chi connectivity index (χ3v) is 3.96. The smallest absolute Gasteiger partial charge is 0.243 e. The maximum atomic E-state index is 12.1. The summed E-state index contributed by atoms with van der Waals surface area (Å²) in [6, 6.07) is 4.32. The van der Waals surface area contributed by atoms with Gasteiger partial charge in [-0.15, -0.1) is 0 Å². The number of rotatable bonds is 5. The number of benzene rings is 1. The second-order valence-corrected chi connectivity index (χ2v) is 5.70. The summed E-state index contributed by atoms with van der Waals surface area (Å²) in [5.74, 6) is 1.09. The quantitative estimate of drug-likeness (QED) is 0.768. The first-order valence-corrected chi connectivity index (χ1v) is 7.13. The van der Waals surface area contributed by atoms with Gasteiger partial charge in [0.25, 0.3) is 0 Å². The molecule has 0 radical (unpaired) electrons. The van der Waals surface area contributed by atoms with E-state index in [1.807, 2.05) is 0 Å². The molecule has 1 aromatic heterocycles. The Kier molecular flexibility index (Phi) is 3.91. The predicted octanol–water partition coefficient (Wildman–Crippen LogP) is 0.447. The summed E-state index contributed by atoms with van der Waals surface area (Å²) in [6.45, 7) is 1.54. The van der Waals surface area contributed by atoms with Crippen LogP contribution in [-0.4, -0.2) is 25.7 Å². The first-order chi connectivity index (χ1) is 9.42. The first kappa shape index (κ1) is 14.3. The molecule has 0 fully saturated rings. The van der Waals surface area contributed by atoms with Crippen molar-refractivity contribution in [3.05, 3.63) is 29.9 Å². The van der Waals surface area contributed by atoms with E-state index in [0.717, 1.165) is 0 Å². The SMILES string of the molecule is COc1ccc(S(=O)(=O)NCc2nc(C)no2)c(N)c1. The highest BCUT2D eigenvalue weighted by molar-refractivity contribution is 7.89. The normalized spacial score (nSPS) is 11.5. The van der Waals surface area contributed by atoms with Gasteiger partial charge in [0, 0.05) is 6.07 Å². The third-order valence-electron chi connectivity index (χ3n) is 2.49. The topological polar surface area (TPSA) is 120 Å². The van der Waals surface area contributed by atoms with Crippen molar-refractivity contribution in [3.8, 4) is 5.75 Å². The van der Waals surface area contributed by atoms with Gasteiger partial charge in [-0.25, -0.2) is 13.1 Å². The Morgan fingerprint density at radius 2 is 2.20 bits per heavy atom. The van der Waals surface area contributed by atoms with Gasteiger partial charge in [0.1, 0.15) is 10.6 Å². The van der Waals surface area contributed by atoms with Gasteiger partial charge in [-0.3, -0.25) is 0 Å². The van der Waals surface area contributed by atoms with Crippen LogP contribution >= 0.6 is 0 Å². The second kappa shape index (κ2) is 5.47. The predicted molar refractivity (Wildman–Crippen MR) is 70.5 cm³/mol. The van der Waals surface area contributed by atoms with Gasteiger partial charge >= 0.3 is 0 Å². The average Bonchev–Trinajstić information content (AvgIpc) is 2.82. The number of nitrogens with two attached hydrogens (primary N) is 1. The Bertz CT molecular complexity index is 711. The van der Waals surface area contributed by atoms with Crippen molar-refractivity contribution in [2.24, 2.45) is 0 Å². The number of aryl methyl sites for hydroxylation is 1. The van der Waals surface area contributed by atoms with Gasteiger partial charge in [0.05, 0.1) is 19.3 Å². The Hall–Kier alpha value is -2.13. The number of anilines is 1. The molecule has 0 aliphatic rings. The monoisotopic (exact) mass is 298 g/mol. The number of methoxy groups -OCH3 is 1. The van der Waals surface area contributed by atoms with Gasteiger partial charge < -0.3 is 15.0 Å². The van der Waals surface area contributed by atoms with Crippen molar-refractivity contribution < 1.29 is 17.7 Å². The lowest BCUT2D eigenvalue weighted by molar-refractivity contribution is 0.372. The lowest BCUT2D eigenvalue weighted by Crippen LogP contribution is -2.24. The lowest BCUT2D eigenvalue weighted by atomic mass is 10.3. The molecule has 0 bridgehead atoms. The van der Waals surface area contributed by atoms with Crippen LogP contribution in [0.1, 0.15) is 11.7 Å². The number of nitrogens with zero attached hydrogens (tertiary/aromatic N) is 2. The van der Waals surface area contributed by atoms with E-state index in [9.17, 15) is 8.42 Å². The van der Waals surface area contributed by atoms with Crippen LogP contribution in [0.2, 0.25) is 0 Å². The maximum Gasteiger partial charge on any atom is 0.243 e. The molecule has 0 atom stereocenters. The highest BCUT2D eigenvalue weighted by atomic mass is 32.2. The number of hydrogen-bond donors (Lipinski definition) is 2. The highest BCUT2D eigenvalue weighted by Crippen LogP contribution is 2.23. The maximum absolute atomic E-state index is 12.1. The Balaban J connectivity index is 2.18. The number of ether oxygens (including phenoxy) is 1. The van der Waals surface area contributed by atoms with E-state index in [0.29, 0.717) is 11.6 Å². The number of sulfonamides is 1. The molecular formula is C11H14N4O4S. The molecule has 0 amide bonds. The van der Waals surface area contributed by atoms with E-state index in [-0.39, 0.29) is 23.0 Å². The molecule has 9 heteroatoms. The van der Waals surface area contributed by atoms with Crippen molar-refractivity contribution in [3.63, 3.8) is 0 Å². The van der Waals surface area contributed by atoms with E-state index in [2.05, 4.69) is 14.9 Å². The zero-order chi connectivity index (χ0) is 14.8. The molecule has 108 valence electrons. The number of hydrogen-bond acceptors (Lipinski definition) is 7. The summed E-state index contributed by atoms with van der Waals surface area (Å²) >= 11 is 0. The van der Waals surface area contributed by atoms with E-state index < -0.39 is 10.0 Å². The Labute approximate surface area is 116 Å². The van der Waals surface area contributed by atoms with Crippen molar-refractivity contribution in [1.82, 2.24) is 14.9 Å². The summed E-state index contributed by atoms with van der Waals surface area (Å²) in [5.41, 5.74) is 5.80. The van der Waals surface area contributed by atoms with Crippen LogP contribution in [0.15, 0.2) is 27.6 Å². The van der Waals surface area contributed by atoms with Crippen molar-refractivity contribution in [2.75, 3.05) is 12.8 Å². The minimum atomic E-state index is -3.76. The van der Waals surface area contributed by atoms with Crippen molar-refractivity contribution in [2.45, 2.75) is 18.4 Å². The standard InChI is InChI=1S/C11H14N4O4S/c1-7-14-11(19-15-7)6-13-20(16,17)10-4-3-8(18-2)5-9(10)12/h3-5,13H,6,12H2,1-2H3. The molecular weight excluding hydrogens is 284 g/mol. The summed E-state index contributed by atoms with van der Waals surface area (Å²) < 4.78 is 36.3. The Morgan fingerprint density at radius 1 is 1.45 bits per heavy atom. The van der Waals surface area contributed by atoms with Crippen molar-refractivity contribution in [1.29, 1.82) is 0 Å². The van der Waals surface area contributed by atoms with E-state index >= 15 is 0 Å². The third kappa shape index (κ3) is 3.06. The average molecular weight is 298 g/mol. The summed E-state index contributed by atoms with van der Waals surface area (Å²) in [7, 11) is -2.29. The minimum Gasteiger partial charge on any atom is -0.497 e. The van der Waals surface area contributed by atoms with Crippen LogP contribution in [0.25, 0.3) is 0 Å². The first-order valence-electron chi connectivity index (χ1n) is 5.65. The van der Waals surface area contributed by atoms with Crippen LogP contribution in [0.3, 0.4) is 0 Å². The Morgan fingerprint density at radius 3 is 2.75 bits per heavy atom. The summed E-state index contributed by atoms with van der Waals surface area (Å²) in [4.78, 5) is 3.87. The van der Waals surface area contributed by atoms with Crippen LogP contribution in [0, 0.1) is 6.92 Å². The van der Waals surface area contributed by atoms with Crippen LogP contribution < -0.4 is 15.2 Å². The van der Waals surface area contributed by atoms with Crippen molar-refractivity contribution >= 4 is 15.7 Å². The molecule has 20 heavy (non-hydrogen) atoms. The summed E-state index contributed by atoms with van der Waals surface area (Å²) in [5, 5.41) is 3.57. The molecule has 2 rings (SSSR count). The van der Waals surface area contributed by atoms with Crippen LogP contribution in [0.5, 0.6) is 5.75 Å². The molecule has 0 spiro atoms. The van der Waals surface area contributed by atoms with E-state index in [4.69, 9.17) is 15.0 Å². The van der Waals surface area contributed by atoms with Crippen LogP contribution in [-0.2, 0) is 16.6 Å². The second-order valence-electron chi connectivity index (χ2n) is 3.96. The number of nitrogen functional groups attached to an aromatic ring is 1. The number of nitrogens with one attached hydrogen (secondary N) is 1. The van der Waals surface area contributed by atoms with Gasteiger partial charge in [-0.1, -0.05) is 5.16 Å². The van der Waals surface area contributed by atoms with Gasteiger partial charge in [0.2, 0.25) is 15.9 Å². The molecule has 8 nitrogen and oxygen atoms in total. The fraction of sp³-hybridized carbons (Fsp3) is 0.273. The van der Waals surface area contributed by atoms with Gasteiger partial charge in [-0.05, 0) is 19.1 Å². The van der Waals surface area contributed by atoms with E-state index in [1.54, 1.807) is 6.92 Å². The molecule has 0 saturated carbocycles. The minimum absolute atomic E-state index is 0.0328. The number of aromatic nitrogens is 2. The van der Waals surface area contributed by atoms with Gasteiger partial charge in [0.15, 0.2) is 5.82 Å². The van der Waals surface area contributed by atoms with Gasteiger partial charge in [-0.2, -0.15) is 4.98 Å². The molecule has 0 aliphatic heterocycles. The molecule has 0 saturated heterocycles. The molecule has 3 N–H and O–H groups in total. The molecule has 1 aromatic carbocycles. The molecule has 0 unspecified atom stereocenters. The fourth-order valence-corrected chi connectivity index (χ4v) is 2.63. The zero-order valence-electron chi connectivity index (χ0n) is 11.0. The highest BCUT2D eigenvalue weighted by Gasteiger charge is 2.18. The fourth-order valence-electron chi connectivity index (χ4n) is 1.54. The lowest BCUT2D eigenvalue weighted by Gasteiger charge is -2.09. The largest absolute Gasteiger partial charge is 0.497 e. The zero-order valence-corrected chi connectivity index (χ0v) is 11.8. The molecule has 2 aromatic rings. The molecule has 0 aliphatic carbocycles. The van der Waals surface area contributed by atoms with Crippen LogP contribution in [0.4, 0.5) is 5.69 Å². The summed E-state index contributed by atoms with van der Waals surface area (Å²) in [6.07, 6.45) is 0. The molecule has 1 heterocycles.